The number of anilines is 1. The second kappa shape index (κ2) is 9.59. The third-order valence-corrected chi connectivity index (χ3v) is 7.12. The quantitative estimate of drug-likeness (QED) is 0.378. The molecule has 4 heterocycles. The summed E-state index contributed by atoms with van der Waals surface area (Å²) in [6.07, 6.45) is -1.77. The van der Waals surface area contributed by atoms with Gasteiger partial charge >= 0.3 is 6.18 Å². The summed E-state index contributed by atoms with van der Waals surface area (Å²) >= 11 is 2.90. The lowest BCUT2D eigenvalue weighted by Gasteiger charge is -2.34. The zero-order valence-corrected chi connectivity index (χ0v) is 22.6. The van der Waals surface area contributed by atoms with Crippen molar-refractivity contribution in [2.75, 3.05) is 5.73 Å². The molecule has 1 atom stereocenters. The summed E-state index contributed by atoms with van der Waals surface area (Å²) in [5, 5.41) is 4.45. The highest BCUT2D eigenvalue weighted by Gasteiger charge is 2.36. The minimum Gasteiger partial charge on any atom is -0.396 e. The number of carbonyl (C=O) groups excluding carboxylic acids is 1. The maximum Gasteiger partial charge on any atom is 0.417 e. The Morgan fingerprint density at radius 2 is 1.85 bits per heavy atom. The molecule has 0 spiro atoms. The zero-order valence-electron chi connectivity index (χ0n) is 21.0. The molecule has 1 amide bonds. The minimum atomic E-state index is -4.64. The van der Waals surface area contributed by atoms with Gasteiger partial charge in [0.15, 0.2) is 0 Å². The molecule has 0 saturated heterocycles. The normalized spacial score (nSPS) is 15.4. The lowest BCUT2D eigenvalue weighted by atomic mass is 9.98. The van der Waals surface area contributed by atoms with E-state index in [2.05, 4.69) is 31.0 Å². The Bertz CT molecular complexity index is 1660. The van der Waals surface area contributed by atoms with Crippen molar-refractivity contribution in [1.29, 1.82) is 0 Å². The van der Waals surface area contributed by atoms with Crippen LogP contribution in [0.2, 0.25) is 0 Å². The second-order valence-electron chi connectivity index (χ2n) is 9.31. The van der Waals surface area contributed by atoms with Gasteiger partial charge in [-0.2, -0.15) is 18.3 Å². The molecule has 1 aliphatic rings. The standard InChI is InChI=1S/C25H22BrF3N8O2/c1-12-6-14(3)37(34-12)24-33-20-11-35(21(38)15-4-5-19(26)18(8-15)25(27,28)29)13(2)7-17(20)22(39)36(24)23-31-9-16(30)10-32-23/h4-6,8-10,13H,7,11,30H2,1-3H3/t13-/m1/s1. The summed E-state index contributed by atoms with van der Waals surface area (Å²) in [6, 6.07) is 4.65. The summed E-state index contributed by atoms with van der Waals surface area (Å²) in [5.74, 6) is -0.446. The van der Waals surface area contributed by atoms with Crippen LogP contribution in [0.15, 0.2) is 45.9 Å². The highest BCUT2D eigenvalue weighted by atomic mass is 79.9. The fourth-order valence-corrected chi connectivity index (χ4v) is 5.03. The first-order chi connectivity index (χ1) is 18.3. The summed E-state index contributed by atoms with van der Waals surface area (Å²) < 4.78 is 43.0. The number of amides is 1. The number of nitrogen functional groups attached to an aromatic ring is 1. The van der Waals surface area contributed by atoms with Crippen molar-refractivity contribution in [3.8, 4) is 11.9 Å². The van der Waals surface area contributed by atoms with Gasteiger partial charge in [-0.15, -0.1) is 0 Å². The molecule has 0 radical (unpaired) electrons. The van der Waals surface area contributed by atoms with Gasteiger partial charge in [0.1, 0.15) is 0 Å². The topological polar surface area (TPSA) is 125 Å². The molecule has 14 heteroatoms. The van der Waals surface area contributed by atoms with Crippen LogP contribution in [0.25, 0.3) is 11.9 Å². The van der Waals surface area contributed by atoms with Crippen LogP contribution in [0.4, 0.5) is 18.9 Å². The maximum atomic E-state index is 13.8. The molecule has 0 fully saturated rings. The van der Waals surface area contributed by atoms with Crippen LogP contribution in [-0.2, 0) is 19.1 Å². The molecular formula is C25H22BrF3N8O2. The first-order valence-corrected chi connectivity index (χ1v) is 12.6. The van der Waals surface area contributed by atoms with Gasteiger partial charge < -0.3 is 10.6 Å². The Labute approximate surface area is 228 Å². The molecule has 0 aliphatic carbocycles. The molecule has 3 aromatic heterocycles. The minimum absolute atomic E-state index is 0.0488. The average molecular weight is 603 g/mol. The number of nitrogens with two attached hydrogens (primary N) is 1. The highest BCUT2D eigenvalue weighted by molar-refractivity contribution is 9.10. The van der Waals surface area contributed by atoms with Crippen molar-refractivity contribution in [2.45, 2.75) is 46.0 Å². The van der Waals surface area contributed by atoms with E-state index in [9.17, 15) is 22.8 Å². The van der Waals surface area contributed by atoms with E-state index in [1.807, 2.05) is 6.07 Å². The largest absolute Gasteiger partial charge is 0.417 e. The van der Waals surface area contributed by atoms with E-state index < -0.39 is 29.2 Å². The van der Waals surface area contributed by atoms with Crippen molar-refractivity contribution >= 4 is 27.5 Å². The molecular weight excluding hydrogens is 581 g/mol. The van der Waals surface area contributed by atoms with Gasteiger partial charge in [-0.3, -0.25) is 9.59 Å². The van der Waals surface area contributed by atoms with E-state index in [1.165, 1.54) is 38.7 Å². The molecule has 202 valence electrons. The molecule has 39 heavy (non-hydrogen) atoms. The van der Waals surface area contributed by atoms with E-state index in [4.69, 9.17) is 10.7 Å². The molecule has 0 unspecified atom stereocenters. The highest BCUT2D eigenvalue weighted by Crippen LogP contribution is 2.36. The molecule has 5 rings (SSSR count). The van der Waals surface area contributed by atoms with Gasteiger partial charge in [0.25, 0.3) is 11.5 Å². The van der Waals surface area contributed by atoms with Gasteiger partial charge in [0.2, 0.25) is 11.9 Å². The summed E-state index contributed by atoms with van der Waals surface area (Å²) in [6.45, 7) is 5.23. The zero-order chi connectivity index (χ0) is 28.2. The number of alkyl halides is 3. The first-order valence-electron chi connectivity index (χ1n) is 11.8. The predicted octanol–water partition coefficient (Wildman–Crippen LogP) is 3.78. The van der Waals surface area contributed by atoms with Crippen LogP contribution in [0.1, 0.15) is 45.5 Å². The number of halogens is 4. The van der Waals surface area contributed by atoms with Gasteiger partial charge in [-0.1, -0.05) is 15.9 Å². The molecule has 0 bridgehead atoms. The molecule has 4 aromatic rings. The molecule has 10 nitrogen and oxygen atoms in total. The number of benzene rings is 1. The SMILES string of the molecule is Cc1cc(C)n(-c2nc3c(c(=O)n2-c2ncc(N)cn2)C[C@@H](C)N(C(=O)c2ccc(Br)c(C(F)(F)F)c2)C3)n1. The van der Waals surface area contributed by atoms with Gasteiger partial charge in [-0.25, -0.2) is 24.2 Å². The number of carbonyl (C=O) groups is 1. The fourth-order valence-electron chi connectivity index (χ4n) is 4.56. The van der Waals surface area contributed by atoms with Gasteiger partial charge in [0, 0.05) is 27.3 Å². The van der Waals surface area contributed by atoms with Gasteiger partial charge in [0.05, 0.1) is 41.6 Å². The Morgan fingerprint density at radius 3 is 2.46 bits per heavy atom. The molecule has 0 saturated carbocycles. The predicted molar refractivity (Wildman–Crippen MR) is 139 cm³/mol. The summed E-state index contributed by atoms with van der Waals surface area (Å²) in [5.41, 5.74) is 6.58. The first kappa shape index (κ1) is 26.5. The number of hydrogen-bond donors (Lipinski definition) is 1. The maximum absolute atomic E-state index is 13.8. The van der Waals surface area contributed by atoms with Crippen molar-refractivity contribution in [3.63, 3.8) is 0 Å². The van der Waals surface area contributed by atoms with E-state index in [0.29, 0.717) is 28.3 Å². The lowest BCUT2D eigenvalue weighted by molar-refractivity contribution is -0.138. The van der Waals surface area contributed by atoms with Crippen LogP contribution >= 0.6 is 15.9 Å². The third kappa shape index (κ3) is 4.80. The van der Waals surface area contributed by atoms with Crippen molar-refractivity contribution in [1.82, 2.24) is 34.2 Å². The lowest BCUT2D eigenvalue weighted by Crippen LogP contribution is -2.46. The summed E-state index contributed by atoms with van der Waals surface area (Å²) in [4.78, 5) is 41.8. The monoisotopic (exact) mass is 602 g/mol. The van der Waals surface area contributed by atoms with Crippen LogP contribution in [0.5, 0.6) is 0 Å². The number of hydrogen-bond acceptors (Lipinski definition) is 7. The van der Waals surface area contributed by atoms with Crippen LogP contribution in [-0.4, -0.2) is 46.1 Å². The number of aryl methyl sites for hydroxylation is 2. The Kier molecular flexibility index (Phi) is 6.53. The second-order valence-corrected chi connectivity index (χ2v) is 10.2. The van der Waals surface area contributed by atoms with Gasteiger partial charge in [-0.05, 0) is 51.5 Å². The number of fused-ring (bicyclic) bond motifs is 1. The van der Waals surface area contributed by atoms with Crippen LogP contribution in [0.3, 0.4) is 0 Å². The number of rotatable bonds is 3. The van der Waals surface area contributed by atoms with Crippen molar-refractivity contribution in [3.05, 3.63) is 85.3 Å². The average Bonchev–Trinajstić information content (AvgIpc) is 3.21. The van der Waals surface area contributed by atoms with E-state index >= 15 is 0 Å². The van der Waals surface area contributed by atoms with Crippen LogP contribution in [0, 0.1) is 13.8 Å². The number of aromatic nitrogens is 6. The van der Waals surface area contributed by atoms with E-state index in [1.54, 1.807) is 20.8 Å². The molecule has 2 N–H and O–H groups in total. The Hall–Kier alpha value is -4.07. The third-order valence-electron chi connectivity index (χ3n) is 6.43. The fraction of sp³-hybridized carbons (Fsp3) is 0.280. The Balaban J connectivity index is 1.62. The van der Waals surface area contributed by atoms with Crippen molar-refractivity contribution in [2.24, 2.45) is 0 Å². The molecule has 1 aliphatic heterocycles. The van der Waals surface area contributed by atoms with E-state index in [-0.39, 0.29) is 34.9 Å². The summed E-state index contributed by atoms with van der Waals surface area (Å²) in [7, 11) is 0. The number of nitrogens with zero attached hydrogens (tertiary/aromatic N) is 7. The Morgan fingerprint density at radius 1 is 1.15 bits per heavy atom. The van der Waals surface area contributed by atoms with E-state index in [0.717, 1.165) is 6.07 Å². The van der Waals surface area contributed by atoms with Crippen LogP contribution < -0.4 is 11.3 Å². The van der Waals surface area contributed by atoms with Crippen molar-refractivity contribution < 1.29 is 18.0 Å². The molecule has 1 aromatic carbocycles. The smallest absolute Gasteiger partial charge is 0.396 e.